The van der Waals surface area contributed by atoms with Gasteiger partial charge in [-0.2, -0.15) is 0 Å². The molecule has 1 saturated heterocycles. The van der Waals surface area contributed by atoms with Crippen LogP contribution in [-0.2, 0) is 16.0 Å². The molecule has 0 saturated carbocycles. The Morgan fingerprint density at radius 1 is 1.43 bits per heavy atom. The van der Waals surface area contributed by atoms with E-state index in [1.165, 1.54) is 0 Å². The fourth-order valence-corrected chi connectivity index (χ4v) is 3.38. The molecule has 0 radical (unpaired) electrons. The van der Waals surface area contributed by atoms with Crippen molar-refractivity contribution in [2.45, 2.75) is 26.2 Å². The molecule has 0 aromatic carbocycles. The van der Waals surface area contributed by atoms with Crippen molar-refractivity contribution in [3.8, 4) is 10.8 Å². The lowest BCUT2D eigenvalue weighted by Gasteiger charge is -2.30. The van der Waals surface area contributed by atoms with Crippen molar-refractivity contribution in [3.63, 3.8) is 0 Å². The number of amides is 1. The summed E-state index contributed by atoms with van der Waals surface area (Å²) in [5.74, 6) is 0.0679. The first-order valence-corrected chi connectivity index (χ1v) is 8.43. The molecule has 3 heterocycles. The van der Waals surface area contributed by atoms with Gasteiger partial charge < -0.3 is 14.4 Å². The Balaban J connectivity index is 1.64. The maximum Gasteiger partial charge on any atom is 0.306 e. The van der Waals surface area contributed by atoms with Crippen LogP contribution >= 0.6 is 11.3 Å². The summed E-state index contributed by atoms with van der Waals surface area (Å²) in [7, 11) is 0. The zero-order valence-corrected chi connectivity index (χ0v) is 13.6. The van der Waals surface area contributed by atoms with Gasteiger partial charge in [0.05, 0.1) is 22.9 Å². The van der Waals surface area contributed by atoms with Gasteiger partial charge in [0.25, 0.3) is 0 Å². The van der Waals surface area contributed by atoms with Crippen molar-refractivity contribution in [2.24, 2.45) is 5.92 Å². The molecule has 0 bridgehead atoms. The smallest absolute Gasteiger partial charge is 0.306 e. The summed E-state index contributed by atoms with van der Waals surface area (Å²) in [6, 6.07) is 3.86. The minimum absolute atomic E-state index is 0.0250. The Kier molecular flexibility index (Phi) is 4.47. The molecule has 1 amide bonds. The molecule has 1 aliphatic rings. The van der Waals surface area contributed by atoms with Crippen molar-refractivity contribution in [3.05, 3.63) is 29.0 Å². The SMILES string of the molecule is Cc1oc(-c2cccs2)nc1CC(=O)N1CCC(C(=O)O)CC1. The highest BCUT2D eigenvalue weighted by Crippen LogP contribution is 2.26. The van der Waals surface area contributed by atoms with E-state index in [-0.39, 0.29) is 18.2 Å². The summed E-state index contributed by atoms with van der Waals surface area (Å²) in [6.07, 6.45) is 1.22. The van der Waals surface area contributed by atoms with Gasteiger partial charge >= 0.3 is 5.97 Å². The van der Waals surface area contributed by atoms with Crippen LogP contribution < -0.4 is 0 Å². The van der Waals surface area contributed by atoms with Crippen molar-refractivity contribution < 1.29 is 19.1 Å². The molecule has 1 aliphatic heterocycles. The van der Waals surface area contributed by atoms with Crippen LogP contribution in [0.3, 0.4) is 0 Å². The lowest BCUT2D eigenvalue weighted by molar-refractivity contribution is -0.145. The molecule has 7 heteroatoms. The van der Waals surface area contributed by atoms with E-state index in [0.717, 1.165) is 4.88 Å². The topological polar surface area (TPSA) is 83.6 Å². The Hall–Kier alpha value is -2.15. The third-order valence-electron chi connectivity index (χ3n) is 4.14. The molecule has 0 spiro atoms. The Bertz CT molecular complexity index is 700. The van der Waals surface area contributed by atoms with E-state index in [9.17, 15) is 9.59 Å². The number of thiophene rings is 1. The van der Waals surface area contributed by atoms with Crippen molar-refractivity contribution in [2.75, 3.05) is 13.1 Å². The molecule has 6 nitrogen and oxygen atoms in total. The number of aliphatic carboxylic acids is 1. The summed E-state index contributed by atoms with van der Waals surface area (Å²) >= 11 is 1.54. The van der Waals surface area contributed by atoms with Crippen LogP contribution in [0.2, 0.25) is 0 Å². The molecular formula is C16H18N2O4S. The number of hydrogen-bond acceptors (Lipinski definition) is 5. The quantitative estimate of drug-likeness (QED) is 0.929. The first-order chi connectivity index (χ1) is 11.0. The highest BCUT2D eigenvalue weighted by atomic mass is 32.1. The second-order valence-electron chi connectivity index (χ2n) is 5.67. The normalized spacial score (nSPS) is 15.8. The largest absolute Gasteiger partial charge is 0.481 e. The van der Waals surface area contributed by atoms with E-state index in [1.54, 1.807) is 16.2 Å². The zero-order chi connectivity index (χ0) is 16.4. The fraction of sp³-hybridized carbons (Fsp3) is 0.438. The third kappa shape index (κ3) is 3.44. The van der Waals surface area contributed by atoms with E-state index in [1.807, 2.05) is 24.4 Å². The van der Waals surface area contributed by atoms with Crippen molar-refractivity contribution >= 4 is 23.2 Å². The summed E-state index contributed by atoms with van der Waals surface area (Å²) in [5, 5.41) is 11.0. The average molecular weight is 334 g/mol. The molecule has 3 rings (SSSR count). The van der Waals surface area contributed by atoms with E-state index >= 15 is 0 Å². The van der Waals surface area contributed by atoms with Crippen molar-refractivity contribution in [1.82, 2.24) is 9.88 Å². The molecule has 0 unspecified atom stereocenters. The highest BCUT2D eigenvalue weighted by Gasteiger charge is 2.27. The van der Waals surface area contributed by atoms with Gasteiger partial charge in [-0.3, -0.25) is 9.59 Å². The zero-order valence-electron chi connectivity index (χ0n) is 12.8. The molecule has 122 valence electrons. The monoisotopic (exact) mass is 334 g/mol. The number of rotatable bonds is 4. The second kappa shape index (κ2) is 6.54. The first kappa shape index (κ1) is 15.7. The van der Waals surface area contributed by atoms with E-state index in [4.69, 9.17) is 9.52 Å². The van der Waals surface area contributed by atoms with Crippen LogP contribution in [0.15, 0.2) is 21.9 Å². The second-order valence-corrected chi connectivity index (χ2v) is 6.62. The Morgan fingerprint density at radius 2 is 2.17 bits per heavy atom. The summed E-state index contributed by atoms with van der Waals surface area (Å²) < 4.78 is 5.65. The molecule has 2 aromatic heterocycles. The minimum Gasteiger partial charge on any atom is -0.481 e. The molecule has 23 heavy (non-hydrogen) atoms. The number of oxazole rings is 1. The van der Waals surface area contributed by atoms with Gasteiger partial charge in [-0.1, -0.05) is 6.07 Å². The Labute approximate surface area is 137 Å². The molecule has 0 aliphatic carbocycles. The van der Waals surface area contributed by atoms with Crippen LogP contribution in [0.5, 0.6) is 0 Å². The molecule has 1 N–H and O–H groups in total. The average Bonchev–Trinajstić information content (AvgIpc) is 3.18. The molecule has 1 fully saturated rings. The van der Waals surface area contributed by atoms with E-state index in [0.29, 0.717) is 43.3 Å². The highest BCUT2D eigenvalue weighted by molar-refractivity contribution is 7.13. The maximum absolute atomic E-state index is 12.4. The fourth-order valence-electron chi connectivity index (χ4n) is 2.73. The summed E-state index contributed by atoms with van der Waals surface area (Å²) in [6.45, 7) is 2.79. The van der Waals surface area contributed by atoms with Gasteiger partial charge in [0, 0.05) is 13.1 Å². The van der Waals surface area contributed by atoms with Gasteiger partial charge in [0.1, 0.15) is 5.76 Å². The number of likely N-dealkylation sites (tertiary alicyclic amines) is 1. The van der Waals surface area contributed by atoms with Crippen molar-refractivity contribution in [1.29, 1.82) is 0 Å². The molecule has 2 aromatic rings. The number of hydrogen-bond donors (Lipinski definition) is 1. The molecule has 0 atom stereocenters. The number of carboxylic acids is 1. The van der Waals surface area contributed by atoms with Crippen LogP contribution in [0, 0.1) is 12.8 Å². The number of carboxylic acid groups (broad SMARTS) is 1. The van der Waals surface area contributed by atoms with E-state index in [2.05, 4.69) is 4.98 Å². The summed E-state index contributed by atoms with van der Waals surface area (Å²) in [5.41, 5.74) is 0.652. The number of carbonyl (C=O) groups is 2. The van der Waals surface area contributed by atoms with Crippen LogP contribution in [0.25, 0.3) is 10.8 Å². The Morgan fingerprint density at radius 3 is 2.78 bits per heavy atom. The van der Waals surface area contributed by atoms with Crippen LogP contribution in [-0.4, -0.2) is 40.0 Å². The van der Waals surface area contributed by atoms with Gasteiger partial charge in [0.2, 0.25) is 11.8 Å². The summed E-state index contributed by atoms with van der Waals surface area (Å²) in [4.78, 5) is 30.4. The number of aryl methyl sites for hydroxylation is 1. The predicted molar refractivity (Wildman–Crippen MR) is 85.2 cm³/mol. The third-order valence-corrected chi connectivity index (χ3v) is 5.00. The maximum atomic E-state index is 12.4. The molecular weight excluding hydrogens is 316 g/mol. The minimum atomic E-state index is -0.773. The first-order valence-electron chi connectivity index (χ1n) is 7.55. The standard InChI is InChI=1S/C16H18N2O4S/c1-10-12(17-15(22-10)13-3-2-8-23-13)9-14(19)18-6-4-11(5-7-18)16(20)21/h2-3,8,11H,4-7,9H2,1H3,(H,20,21). The lowest BCUT2D eigenvalue weighted by Crippen LogP contribution is -2.41. The number of piperidine rings is 1. The number of aromatic nitrogens is 1. The van der Waals surface area contributed by atoms with Crippen LogP contribution in [0.4, 0.5) is 0 Å². The van der Waals surface area contributed by atoms with Gasteiger partial charge in [-0.05, 0) is 31.2 Å². The van der Waals surface area contributed by atoms with Gasteiger partial charge in [0.15, 0.2) is 0 Å². The predicted octanol–water partition coefficient (Wildman–Crippen LogP) is 2.58. The lowest BCUT2D eigenvalue weighted by atomic mass is 9.97. The number of carbonyl (C=O) groups excluding carboxylic acids is 1. The van der Waals surface area contributed by atoms with E-state index < -0.39 is 5.97 Å². The van der Waals surface area contributed by atoms with Gasteiger partial charge in [-0.15, -0.1) is 11.3 Å². The van der Waals surface area contributed by atoms with Gasteiger partial charge in [-0.25, -0.2) is 4.98 Å². The van der Waals surface area contributed by atoms with Crippen LogP contribution in [0.1, 0.15) is 24.3 Å². The number of nitrogens with zero attached hydrogens (tertiary/aromatic N) is 2.